The molecule has 0 radical (unpaired) electrons. The molecule has 5 aliphatic rings. The summed E-state index contributed by atoms with van der Waals surface area (Å²) in [6.07, 6.45) is 1.83. The van der Waals surface area contributed by atoms with Crippen molar-refractivity contribution in [3.8, 4) is 11.8 Å². The number of nitriles is 1. The van der Waals surface area contributed by atoms with Crippen molar-refractivity contribution in [2.24, 2.45) is 16.7 Å². The van der Waals surface area contributed by atoms with Crippen LogP contribution in [0.15, 0.2) is 54.6 Å². The van der Waals surface area contributed by atoms with Crippen LogP contribution in [0.4, 0.5) is 15.8 Å². The fraction of sp³-hybridized carbons (Fsp3) is 0.467. The van der Waals surface area contributed by atoms with Gasteiger partial charge in [0, 0.05) is 86.5 Å². The van der Waals surface area contributed by atoms with Crippen LogP contribution in [0, 0.1) is 33.9 Å². The van der Waals surface area contributed by atoms with E-state index in [2.05, 4.69) is 25.3 Å². The minimum atomic E-state index is -0.992. The Morgan fingerprint density at radius 2 is 1.52 bits per heavy atom. The van der Waals surface area contributed by atoms with Gasteiger partial charge >= 0.3 is 0 Å². The molecule has 60 heavy (non-hydrogen) atoms. The lowest BCUT2D eigenvalue weighted by molar-refractivity contribution is -0.164. The molecule has 3 saturated heterocycles. The highest BCUT2D eigenvalue weighted by atomic mass is 35.5. The smallest absolute Gasteiger partial charge is 0.262 e. The number of halogens is 2. The number of hydrogen-bond donors (Lipinski definition) is 2. The van der Waals surface area contributed by atoms with E-state index in [0.717, 1.165) is 74.9 Å². The number of nitrogens with one attached hydrogen (secondary N) is 2. The summed E-state index contributed by atoms with van der Waals surface area (Å²) in [5, 5.41) is 14.8. The van der Waals surface area contributed by atoms with Crippen molar-refractivity contribution in [2.45, 2.75) is 71.6 Å². The number of piperidine rings is 2. The molecule has 8 rings (SSSR count). The van der Waals surface area contributed by atoms with Crippen LogP contribution in [0.1, 0.15) is 90.0 Å². The maximum absolute atomic E-state index is 15.6. The van der Waals surface area contributed by atoms with Gasteiger partial charge in [-0.2, -0.15) is 5.26 Å². The molecule has 0 bridgehead atoms. The molecule has 314 valence electrons. The number of piperazine rings is 1. The van der Waals surface area contributed by atoms with Gasteiger partial charge in [-0.05, 0) is 73.7 Å². The number of carbonyl (C=O) groups is 5. The summed E-state index contributed by atoms with van der Waals surface area (Å²) < 4.78 is 22.0. The second-order valence-electron chi connectivity index (χ2n) is 17.9. The number of hydrogen-bond acceptors (Lipinski definition) is 10. The van der Waals surface area contributed by atoms with E-state index in [1.54, 1.807) is 36.4 Å². The Morgan fingerprint density at radius 1 is 0.867 bits per heavy atom. The summed E-state index contributed by atoms with van der Waals surface area (Å²) in [6.45, 7) is 13.8. The molecule has 1 unspecified atom stereocenters. The molecule has 4 fully saturated rings. The third-order valence-electron chi connectivity index (χ3n) is 13.3. The number of anilines is 2. The predicted octanol–water partition coefficient (Wildman–Crippen LogP) is 5.40. The summed E-state index contributed by atoms with van der Waals surface area (Å²) in [7, 11) is 0. The van der Waals surface area contributed by atoms with Gasteiger partial charge in [-0.1, -0.05) is 39.3 Å². The number of rotatable bonds is 9. The number of nitrogens with zero attached hydrogens (tertiary/aromatic N) is 5. The van der Waals surface area contributed by atoms with Crippen LogP contribution in [0.2, 0.25) is 5.02 Å². The third kappa shape index (κ3) is 7.47. The molecule has 4 heterocycles. The van der Waals surface area contributed by atoms with Crippen LogP contribution >= 0.6 is 11.6 Å². The third-order valence-corrected chi connectivity index (χ3v) is 13.6. The fourth-order valence-corrected chi connectivity index (χ4v) is 10.5. The Labute approximate surface area is 353 Å². The highest BCUT2D eigenvalue weighted by molar-refractivity contribution is 6.31. The van der Waals surface area contributed by atoms with E-state index in [0.29, 0.717) is 22.3 Å². The number of ether oxygens (including phenoxy) is 1. The lowest BCUT2D eigenvalue weighted by Crippen LogP contribution is -2.74. The summed E-state index contributed by atoms with van der Waals surface area (Å²) >= 11 is 6.23. The number of imide groups is 2. The minimum Gasteiger partial charge on any atom is -0.489 e. The zero-order valence-electron chi connectivity index (χ0n) is 34.2. The molecule has 3 aromatic carbocycles. The van der Waals surface area contributed by atoms with Gasteiger partial charge in [0.15, 0.2) is 0 Å². The quantitative estimate of drug-likeness (QED) is 0.268. The van der Waals surface area contributed by atoms with E-state index in [-0.39, 0.29) is 41.7 Å². The van der Waals surface area contributed by atoms with Gasteiger partial charge in [-0.25, -0.2) is 4.39 Å². The molecule has 2 N–H and O–H groups in total. The van der Waals surface area contributed by atoms with Gasteiger partial charge in [-0.15, -0.1) is 0 Å². The first-order valence-electron chi connectivity index (χ1n) is 20.6. The average Bonchev–Trinajstić information content (AvgIpc) is 3.47. The molecule has 1 aliphatic carbocycles. The van der Waals surface area contributed by atoms with Crippen molar-refractivity contribution in [3.63, 3.8) is 0 Å². The maximum atomic E-state index is 15.6. The lowest BCUT2D eigenvalue weighted by atomic mass is 9.49. The van der Waals surface area contributed by atoms with Gasteiger partial charge in [0.2, 0.25) is 11.8 Å². The predicted molar refractivity (Wildman–Crippen MR) is 223 cm³/mol. The van der Waals surface area contributed by atoms with E-state index in [1.165, 1.54) is 6.07 Å². The first kappa shape index (κ1) is 41.2. The molecule has 15 heteroatoms. The Bertz CT molecular complexity index is 2300. The molecule has 1 atom stereocenters. The van der Waals surface area contributed by atoms with Crippen LogP contribution in [-0.4, -0.2) is 103 Å². The first-order valence-corrected chi connectivity index (χ1v) is 21.0. The number of benzene rings is 3. The standard InChI is InChI=1S/C45H49ClFN7O6/c1-44(2)42(45(3,4)43(44)60-30-8-5-27(24-48)34(46)23-30)50-38(56)32-10-7-29(22-35(32)47)52-15-13-26(14-16-52)25-51-17-19-53(20-18-51)28-6-9-31-33(21-28)41(59)54(40(31)58)36-11-12-37(55)49-39(36)57/h5-10,21-23,26,36,42-43H,11-20,25H2,1-4H3,(H,50,56)(H,49,55,57). The van der Waals surface area contributed by atoms with Crippen molar-refractivity contribution in [1.82, 2.24) is 20.4 Å². The zero-order chi connectivity index (χ0) is 42.7. The number of fused-ring (bicyclic) bond motifs is 1. The summed E-state index contributed by atoms with van der Waals surface area (Å²) in [6, 6.07) is 15.8. The molecule has 13 nitrogen and oxygen atoms in total. The van der Waals surface area contributed by atoms with Crippen molar-refractivity contribution >= 4 is 52.5 Å². The van der Waals surface area contributed by atoms with Crippen LogP contribution in [0.5, 0.6) is 5.75 Å². The Kier molecular flexibility index (Phi) is 10.9. The molecular formula is C45H49ClFN7O6. The van der Waals surface area contributed by atoms with E-state index in [9.17, 15) is 29.2 Å². The number of amides is 5. The number of carbonyl (C=O) groups excluding carboxylic acids is 5. The van der Waals surface area contributed by atoms with Gasteiger partial charge in [0.1, 0.15) is 29.8 Å². The SMILES string of the molecule is CC1(C)C(NC(=O)c2ccc(N3CCC(CN4CCN(c5ccc6c(c5)C(=O)N(C5CCC(=O)NC5=O)C6=O)CC4)CC3)cc2F)C(C)(C)C1Oc1ccc(C#N)c(Cl)c1. The topological polar surface area (TPSA) is 155 Å². The highest BCUT2D eigenvalue weighted by Crippen LogP contribution is 2.55. The lowest BCUT2D eigenvalue weighted by Gasteiger charge is -2.63. The molecule has 4 aliphatic heterocycles. The van der Waals surface area contributed by atoms with E-state index in [1.807, 2.05) is 45.9 Å². The van der Waals surface area contributed by atoms with Gasteiger partial charge < -0.3 is 19.9 Å². The zero-order valence-corrected chi connectivity index (χ0v) is 35.0. The van der Waals surface area contributed by atoms with Gasteiger partial charge in [0.25, 0.3) is 17.7 Å². The molecule has 0 spiro atoms. The molecule has 5 amide bonds. The summed E-state index contributed by atoms with van der Waals surface area (Å²) in [4.78, 5) is 71.9. The summed E-state index contributed by atoms with van der Waals surface area (Å²) in [5.74, 6) is -2.06. The maximum Gasteiger partial charge on any atom is 0.262 e. The second kappa shape index (κ2) is 15.8. The largest absolute Gasteiger partial charge is 0.489 e. The van der Waals surface area contributed by atoms with Crippen molar-refractivity contribution in [2.75, 3.05) is 55.6 Å². The van der Waals surface area contributed by atoms with Crippen molar-refractivity contribution < 1.29 is 33.1 Å². The average molecular weight is 838 g/mol. The van der Waals surface area contributed by atoms with Crippen LogP contribution in [0.25, 0.3) is 0 Å². The minimum absolute atomic E-state index is 0.00297. The van der Waals surface area contributed by atoms with E-state index in [4.69, 9.17) is 16.3 Å². The first-order chi connectivity index (χ1) is 28.6. The Morgan fingerprint density at radius 3 is 2.17 bits per heavy atom. The summed E-state index contributed by atoms with van der Waals surface area (Å²) in [5.41, 5.74) is 1.56. The van der Waals surface area contributed by atoms with Crippen molar-refractivity contribution in [3.05, 3.63) is 87.7 Å². The van der Waals surface area contributed by atoms with Crippen molar-refractivity contribution in [1.29, 1.82) is 5.26 Å². The van der Waals surface area contributed by atoms with Crippen LogP contribution in [0.3, 0.4) is 0 Å². The van der Waals surface area contributed by atoms with Gasteiger partial charge in [0.05, 0.1) is 27.3 Å². The fourth-order valence-electron chi connectivity index (χ4n) is 10.3. The Balaban J connectivity index is 0.804. The van der Waals surface area contributed by atoms with E-state index < -0.39 is 52.2 Å². The highest BCUT2D eigenvalue weighted by Gasteiger charge is 2.64. The Hall–Kier alpha value is -5.52. The van der Waals surface area contributed by atoms with Crippen LogP contribution < -0.4 is 25.2 Å². The van der Waals surface area contributed by atoms with Gasteiger partial charge in [-0.3, -0.25) is 39.1 Å². The van der Waals surface area contributed by atoms with Crippen LogP contribution in [-0.2, 0) is 9.59 Å². The molecule has 1 saturated carbocycles. The monoisotopic (exact) mass is 837 g/mol. The molecular weight excluding hydrogens is 789 g/mol. The molecule has 0 aromatic heterocycles. The second-order valence-corrected chi connectivity index (χ2v) is 18.3. The normalized spacial score (nSPS) is 24.1. The molecule has 3 aromatic rings. The van der Waals surface area contributed by atoms with E-state index >= 15 is 4.39 Å².